The summed E-state index contributed by atoms with van der Waals surface area (Å²) in [6.45, 7) is 0.418. The van der Waals surface area contributed by atoms with Crippen LogP contribution in [0.3, 0.4) is 0 Å². The summed E-state index contributed by atoms with van der Waals surface area (Å²) < 4.78 is 45.7. The van der Waals surface area contributed by atoms with Crippen LogP contribution >= 0.6 is 0 Å². The number of hydrogen-bond acceptors (Lipinski definition) is 24. The minimum Gasteiger partial charge on any atom is -0.394 e. The first kappa shape index (κ1) is 82.0. The lowest BCUT2D eigenvalue weighted by Gasteiger charge is -2.49. The monoisotopic (exact) mass is 1320 g/mol. The molecule has 0 bridgehead atoms. The molecular formula is C66H125NO24. The minimum atomic E-state index is -2.09. The number of nitrogens with one attached hydrogen (secondary N) is 1. The number of ether oxygens (including phenoxy) is 8. The Morgan fingerprint density at radius 2 is 0.648 bits per heavy atom. The Balaban J connectivity index is 1.26. The maximum absolute atomic E-state index is 13.5. The topological polar surface area (TPSA) is 406 Å². The lowest BCUT2D eigenvalue weighted by Crippen LogP contribution is -2.67. The van der Waals surface area contributed by atoms with Crippen LogP contribution in [0.15, 0.2) is 0 Å². The van der Waals surface area contributed by atoms with E-state index in [1.807, 2.05) is 0 Å². The Morgan fingerprint density at radius 1 is 0.363 bits per heavy atom. The number of rotatable bonds is 51. The van der Waals surface area contributed by atoms with Gasteiger partial charge in [-0.2, -0.15) is 0 Å². The Hall–Kier alpha value is -1.45. The molecule has 4 saturated heterocycles. The second-order valence-electron chi connectivity index (χ2n) is 26.2. The predicted octanol–water partition coefficient (Wildman–Crippen LogP) is 3.18. The van der Waals surface area contributed by atoms with Crippen molar-refractivity contribution in [2.24, 2.45) is 0 Å². The van der Waals surface area contributed by atoms with Crippen molar-refractivity contribution in [3.8, 4) is 0 Å². The van der Waals surface area contributed by atoms with E-state index in [1.54, 1.807) is 0 Å². The van der Waals surface area contributed by atoms with Crippen LogP contribution in [0.25, 0.3) is 0 Å². The molecule has 0 spiro atoms. The van der Waals surface area contributed by atoms with Gasteiger partial charge in [-0.05, 0) is 12.8 Å². The zero-order chi connectivity index (χ0) is 66.5. The highest BCUT2D eigenvalue weighted by atomic mass is 16.8. The molecule has 0 aromatic heterocycles. The highest BCUT2D eigenvalue weighted by Crippen LogP contribution is 2.35. The van der Waals surface area contributed by atoms with Gasteiger partial charge in [0.25, 0.3) is 0 Å². The fourth-order valence-electron chi connectivity index (χ4n) is 12.7. The molecular weight excluding hydrogens is 1190 g/mol. The molecule has 0 saturated carbocycles. The van der Waals surface area contributed by atoms with Crippen LogP contribution in [0.2, 0.25) is 0 Å². The van der Waals surface area contributed by atoms with Crippen molar-refractivity contribution in [3.05, 3.63) is 0 Å². The van der Waals surface area contributed by atoms with Crippen LogP contribution in [0.4, 0.5) is 0 Å². The summed E-state index contributed by atoms with van der Waals surface area (Å²) in [6, 6.07) is -1.19. The van der Waals surface area contributed by atoms with Crippen molar-refractivity contribution in [2.75, 3.05) is 33.0 Å². The lowest BCUT2D eigenvalue weighted by molar-refractivity contribution is -0.388. The smallest absolute Gasteiger partial charge is 0.220 e. The summed E-state index contributed by atoms with van der Waals surface area (Å²) in [7, 11) is 0. The first-order valence-corrected chi connectivity index (χ1v) is 35.4. The SMILES string of the molecule is CCCCCCCCCCCCCCCCCCCCCCCC(=O)N[C@@H](CO[C@@H]1O[C@H](CO)[C@@H](O[C@@H]2O[C@H](CO)[C@@H](O[C@@H]3O[C@H](CO)[C@@H](O[C@@H]4O[C@H](CO)[C@@H](O)[C@H](O)[C@@H]4O)[C@H](O)[C@@H]3O)[C@H](O)[C@@H]2O)[C@H](O)[C@H]1O)[C@H](O)[C@H](O)CCCCCCCCCCCCCC. The molecule has 0 unspecified atom stereocenters. The fourth-order valence-corrected chi connectivity index (χ4v) is 12.7. The van der Waals surface area contributed by atoms with Crippen LogP contribution in [-0.4, -0.2) is 257 Å². The van der Waals surface area contributed by atoms with Gasteiger partial charge in [0.1, 0.15) is 104 Å². The third-order valence-electron chi connectivity index (χ3n) is 18.6. The van der Waals surface area contributed by atoms with E-state index in [1.165, 1.54) is 148 Å². The van der Waals surface area contributed by atoms with E-state index in [0.29, 0.717) is 12.8 Å². The summed E-state index contributed by atoms with van der Waals surface area (Å²) in [5.41, 5.74) is 0. The maximum atomic E-state index is 13.5. The van der Waals surface area contributed by atoms with Crippen LogP contribution < -0.4 is 5.32 Å². The van der Waals surface area contributed by atoms with E-state index in [0.717, 1.165) is 51.4 Å². The third-order valence-corrected chi connectivity index (χ3v) is 18.6. The Kier molecular flexibility index (Phi) is 42.8. The normalized spacial score (nSPS) is 33.2. The number of carbonyl (C=O) groups is 1. The van der Waals surface area contributed by atoms with Crippen molar-refractivity contribution >= 4 is 5.91 Å². The van der Waals surface area contributed by atoms with Crippen molar-refractivity contribution in [1.29, 1.82) is 0 Å². The van der Waals surface area contributed by atoms with E-state index >= 15 is 0 Å². The van der Waals surface area contributed by atoms with Crippen LogP contribution in [0.5, 0.6) is 0 Å². The Morgan fingerprint density at radius 3 is 0.989 bits per heavy atom. The Labute approximate surface area is 541 Å². The second kappa shape index (κ2) is 47.5. The molecule has 0 aliphatic carbocycles. The zero-order valence-electron chi connectivity index (χ0n) is 54.9. The predicted molar refractivity (Wildman–Crippen MR) is 335 cm³/mol. The molecule has 4 aliphatic heterocycles. The van der Waals surface area contributed by atoms with Crippen molar-refractivity contribution in [3.63, 3.8) is 0 Å². The molecule has 538 valence electrons. The molecule has 0 radical (unpaired) electrons. The molecule has 1 amide bonds. The van der Waals surface area contributed by atoms with Gasteiger partial charge in [0, 0.05) is 6.42 Å². The summed E-state index contributed by atoms with van der Waals surface area (Å²) >= 11 is 0. The molecule has 4 heterocycles. The lowest BCUT2D eigenvalue weighted by atomic mass is 9.95. The largest absolute Gasteiger partial charge is 0.394 e. The van der Waals surface area contributed by atoms with Gasteiger partial charge < -0.3 is 120 Å². The molecule has 4 rings (SSSR count). The van der Waals surface area contributed by atoms with E-state index < -0.39 is 174 Å². The van der Waals surface area contributed by atoms with Gasteiger partial charge in [-0.15, -0.1) is 0 Å². The van der Waals surface area contributed by atoms with Gasteiger partial charge in [0.05, 0.1) is 45.2 Å². The summed E-state index contributed by atoms with van der Waals surface area (Å²) in [6.07, 6.45) is 0.776. The van der Waals surface area contributed by atoms with Gasteiger partial charge in [0.15, 0.2) is 25.2 Å². The number of carbonyl (C=O) groups excluding carboxylic acids is 1. The first-order valence-electron chi connectivity index (χ1n) is 35.4. The standard InChI is InChI=1S/C66H125NO24/c1-3-5-7-9-11-13-15-17-18-19-20-21-22-23-24-25-27-29-31-33-35-37-49(73)67-43(50(74)44(72)36-34-32-30-28-26-16-14-12-10-8-6-4-2)42-84-63-57(81)53(77)60(46(39-69)86-63)90-65-59(83)55(79)62(48(41-71)88-65)91-66-58(82)54(78)61(47(40-70)87-66)89-64-56(80)52(76)51(75)45(38-68)85-64/h43-48,50-66,68-72,74-83H,3-42H2,1-2H3,(H,67,73)/t43-,44+,45+,46+,47+,48+,50-,51+,52-,53+,54+,55+,56-,57+,58-,59-,60+,61+,62+,63+,64-,65-,66-/m0/s1. The molecule has 16 N–H and O–H groups in total. The highest BCUT2D eigenvalue weighted by Gasteiger charge is 2.55. The van der Waals surface area contributed by atoms with E-state index in [9.17, 15) is 81.4 Å². The molecule has 4 aliphatic rings. The second-order valence-corrected chi connectivity index (χ2v) is 26.2. The van der Waals surface area contributed by atoms with Crippen molar-refractivity contribution in [1.82, 2.24) is 5.32 Å². The van der Waals surface area contributed by atoms with Crippen LogP contribution in [-0.2, 0) is 42.7 Å². The molecule has 25 nitrogen and oxygen atoms in total. The van der Waals surface area contributed by atoms with Gasteiger partial charge in [-0.1, -0.05) is 219 Å². The van der Waals surface area contributed by atoms with Gasteiger partial charge in [0.2, 0.25) is 5.91 Å². The number of aliphatic hydroxyl groups is 15. The first-order chi connectivity index (χ1) is 44.0. The maximum Gasteiger partial charge on any atom is 0.220 e. The number of unbranched alkanes of at least 4 members (excludes halogenated alkanes) is 31. The fraction of sp³-hybridized carbons (Fsp3) is 0.985. The Bertz CT molecular complexity index is 1800. The van der Waals surface area contributed by atoms with Crippen molar-refractivity contribution in [2.45, 2.75) is 380 Å². The van der Waals surface area contributed by atoms with E-state index in [4.69, 9.17) is 37.9 Å². The average molecular weight is 1320 g/mol. The minimum absolute atomic E-state index is 0.161. The summed E-state index contributed by atoms with van der Waals surface area (Å²) in [5.74, 6) is -0.375. The molecule has 0 aromatic carbocycles. The van der Waals surface area contributed by atoms with Crippen molar-refractivity contribution < 1.29 is 119 Å². The quantitative estimate of drug-likeness (QED) is 0.0389. The van der Waals surface area contributed by atoms with Gasteiger partial charge in [-0.3, -0.25) is 4.79 Å². The highest BCUT2D eigenvalue weighted by molar-refractivity contribution is 5.76. The third kappa shape index (κ3) is 28.5. The van der Waals surface area contributed by atoms with E-state index in [2.05, 4.69) is 19.2 Å². The summed E-state index contributed by atoms with van der Waals surface area (Å²) in [4.78, 5) is 13.5. The summed E-state index contributed by atoms with van der Waals surface area (Å²) in [5, 5.41) is 165. The van der Waals surface area contributed by atoms with Crippen LogP contribution in [0, 0.1) is 0 Å². The molecule has 25 heteroatoms. The average Bonchev–Trinajstić information content (AvgIpc) is 0.858. The molecule has 23 atom stereocenters. The molecule has 0 aromatic rings. The van der Waals surface area contributed by atoms with Crippen LogP contribution in [0.1, 0.15) is 239 Å². The zero-order valence-corrected chi connectivity index (χ0v) is 54.9. The number of aliphatic hydroxyl groups excluding tert-OH is 15. The molecule has 91 heavy (non-hydrogen) atoms. The number of amides is 1. The van der Waals surface area contributed by atoms with Gasteiger partial charge >= 0.3 is 0 Å². The molecule has 4 fully saturated rings. The number of hydrogen-bond donors (Lipinski definition) is 16. The van der Waals surface area contributed by atoms with E-state index in [-0.39, 0.29) is 18.7 Å². The van der Waals surface area contributed by atoms with Gasteiger partial charge in [-0.25, -0.2) is 0 Å².